The van der Waals surface area contributed by atoms with E-state index in [1.165, 1.54) is 13.3 Å². The Morgan fingerprint density at radius 1 is 1.07 bits per heavy atom. The Hall–Kier alpha value is -3.93. The highest BCUT2D eigenvalue weighted by molar-refractivity contribution is 5.90. The van der Waals surface area contributed by atoms with Crippen LogP contribution in [0.5, 0.6) is 5.75 Å². The van der Waals surface area contributed by atoms with E-state index in [0.717, 1.165) is 0 Å². The molecule has 0 amide bonds. The third kappa shape index (κ3) is 2.21. The molecule has 0 spiro atoms. The molecule has 2 aliphatic heterocycles. The molecule has 4 unspecified atom stereocenters. The molecule has 4 atom stereocenters. The van der Waals surface area contributed by atoms with Crippen molar-refractivity contribution in [3.63, 3.8) is 0 Å². The summed E-state index contributed by atoms with van der Waals surface area (Å²) in [5, 5.41) is 39.4. The van der Waals surface area contributed by atoms with Crippen LogP contribution in [0, 0.1) is 50.2 Å². The van der Waals surface area contributed by atoms with Crippen LogP contribution < -0.4 is 4.74 Å². The van der Waals surface area contributed by atoms with Crippen molar-refractivity contribution in [3.05, 3.63) is 59.9 Å². The molecule has 8 heteroatoms. The number of ether oxygens (including phenoxy) is 3. The lowest BCUT2D eigenvalue weighted by atomic mass is 9.52. The number of rotatable bonds is 3. The summed E-state index contributed by atoms with van der Waals surface area (Å²) in [6, 6.07) is 16.4. The fourth-order valence-electron chi connectivity index (χ4n) is 4.61. The Morgan fingerprint density at radius 2 is 1.77 bits per heavy atom. The lowest BCUT2D eigenvalue weighted by molar-refractivity contribution is -0.253. The summed E-state index contributed by atoms with van der Waals surface area (Å²) in [5.74, 6) is -2.18. The van der Waals surface area contributed by atoms with Crippen molar-refractivity contribution in [1.29, 1.82) is 21.2 Å². The fraction of sp³-hybridized carbons (Fsp3) is 0.318. The lowest BCUT2D eigenvalue weighted by Gasteiger charge is -2.48. The molecule has 0 saturated carbocycles. The molecule has 2 aliphatic rings. The Balaban J connectivity index is 2.00. The maximum atomic E-state index is 10.4. The number of fused-ring (bicyclic) bond motifs is 2. The van der Waals surface area contributed by atoms with Gasteiger partial charge in [0, 0.05) is 24.9 Å². The summed E-state index contributed by atoms with van der Waals surface area (Å²) in [6.07, 6.45) is 1.91. The van der Waals surface area contributed by atoms with Gasteiger partial charge in [-0.25, -0.2) is 0 Å². The molecular formula is C22H17N5O3. The second kappa shape index (κ2) is 6.56. The van der Waals surface area contributed by atoms with Crippen LogP contribution in [0.3, 0.4) is 0 Å². The summed E-state index contributed by atoms with van der Waals surface area (Å²) in [7, 11) is 1.54. The number of benzene rings is 1. The Kier molecular flexibility index (Phi) is 4.24. The van der Waals surface area contributed by atoms with E-state index in [4.69, 9.17) is 19.6 Å². The van der Waals surface area contributed by atoms with Gasteiger partial charge in [-0.2, -0.15) is 15.8 Å². The van der Waals surface area contributed by atoms with Gasteiger partial charge in [-0.05, 0) is 23.8 Å². The third-order valence-corrected chi connectivity index (χ3v) is 5.95. The van der Waals surface area contributed by atoms with Gasteiger partial charge in [0.1, 0.15) is 11.9 Å². The molecule has 2 saturated heterocycles. The third-order valence-electron chi connectivity index (χ3n) is 5.95. The van der Waals surface area contributed by atoms with E-state index in [-0.39, 0.29) is 0 Å². The van der Waals surface area contributed by atoms with Crippen molar-refractivity contribution in [1.82, 2.24) is 4.98 Å². The molecule has 0 radical (unpaired) electrons. The number of hydrogen-bond donors (Lipinski definition) is 1. The molecule has 2 fully saturated rings. The summed E-state index contributed by atoms with van der Waals surface area (Å²) in [4.78, 5) is 4.06. The van der Waals surface area contributed by atoms with Crippen molar-refractivity contribution in [2.45, 2.75) is 24.7 Å². The smallest absolute Gasteiger partial charge is 0.218 e. The van der Waals surface area contributed by atoms with Gasteiger partial charge < -0.3 is 14.2 Å². The summed E-state index contributed by atoms with van der Waals surface area (Å²) in [5.41, 5.74) is -2.87. The normalized spacial score (nSPS) is 31.0. The highest BCUT2D eigenvalue weighted by Crippen LogP contribution is 2.69. The van der Waals surface area contributed by atoms with Crippen LogP contribution in [0.15, 0.2) is 48.8 Å². The highest BCUT2D eigenvalue weighted by atomic mass is 16.7. The number of aromatic nitrogens is 1. The van der Waals surface area contributed by atoms with Crippen LogP contribution in [-0.4, -0.2) is 23.8 Å². The van der Waals surface area contributed by atoms with Crippen LogP contribution in [0.4, 0.5) is 0 Å². The first-order chi connectivity index (χ1) is 14.4. The first kappa shape index (κ1) is 19.4. The van der Waals surface area contributed by atoms with Crippen molar-refractivity contribution in [2.75, 3.05) is 7.11 Å². The van der Waals surface area contributed by atoms with Gasteiger partial charge in [-0.1, -0.05) is 18.2 Å². The maximum Gasteiger partial charge on any atom is 0.218 e. The molecule has 1 N–H and O–H groups in total. The molecule has 4 rings (SSSR count). The Bertz CT molecular complexity index is 1110. The van der Waals surface area contributed by atoms with Gasteiger partial charge in [0.25, 0.3) is 0 Å². The van der Waals surface area contributed by atoms with Gasteiger partial charge in [-0.15, -0.1) is 0 Å². The average Bonchev–Trinajstić information content (AvgIpc) is 2.97. The number of nitrogens with one attached hydrogen (secondary N) is 1. The first-order valence-corrected chi connectivity index (χ1v) is 9.16. The number of nitriles is 3. The second-order valence-corrected chi connectivity index (χ2v) is 7.39. The van der Waals surface area contributed by atoms with Gasteiger partial charge in [-0.3, -0.25) is 10.4 Å². The first-order valence-electron chi connectivity index (χ1n) is 9.16. The molecule has 1 aromatic carbocycles. The number of pyridine rings is 1. The molecule has 2 aromatic rings. The molecule has 148 valence electrons. The minimum Gasteiger partial charge on any atom is -0.497 e. The monoisotopic (exact) mass is 399 g/mol. The fourth-order valence-corrected chi connectivity index (χ4v) is 4.61. The van der Waals surface area contributed by atoms with E-state index in [2.05, 4.69) is 11.1 Å². The van der Waals surface area contributed by atoms with Crippen molar-refractivity contribution >= 4 is 5.90 Å². The zero-order valence-electron chi connectivity index (χ0n) is 16.3. The minimum atomic E-state index is -2.04. The largest absolute Gasteiger partial charge is 0.497 e. The summed E-state index contributed by atoms with van der Waals surface area (Å²) in [6.45, 7) is 1.62. The summed E-state index contributed by atoms with van der Waals surface area (Å²) >= 11 is 0. The van der Waals surface area contributed by atoms with E-state index in [1.54, 1.807) is 49.5 Å². The lowest BCUT2D eigenvalue weighted by Crippen LogP contribution is -2.57. The van der Waals surface area contributed by atoms with Crippen LogP contribution in [0.1, 0.15) is 30.1 Å². The SMILES string of the molecule is COc1ccc(C2C3(C)OC(=N)C2(C#N)C(C#N)(C#N)C(c2cccnc2)O3)cc1. The molecule has 3 heterocycles. The van der Waals surface area contributed by atoms with Crippen LogP contribution in [0.25, 0.3) is 0 Å². The topological polar surface area (TPSA) is 136 Å². The van der Waals surface area contributed by atoms with E-state index in [0.29, 0.717) is 16.9 Å². The quantitative estimate of drug-likeness (QED) is 0.837. The predicted octanol–water partition coefficient (Wildman–Crippen LogP) is 3.21. The van der Waals surface area contributed by atoms with Crippen molar-refractivity contribution < 1.29 is 14.2 Å². The van der Waals surface area contributed by atoms with Gasteiger partial charge in [0.15, 0.2) is 5.41 Å². The number of nitrogens with zero attached hydrogens (tertiary/aromatic N) is 4. The summed E-state index contributed by atoms with van der Waals surface area (Å²) < 4.78 is 17.2. The van der Waals surface area contributed by atoms with Gasteiger partial charge in [0.05, 0.1) is 31.2 Å². The van der Waals surface area contributed by atoms with E-state index < -0.39 is 34.5 Å². The second-order valence-electron chi connectivity index (χ2n) is 7.39. The standard InChI is InChI=1S/C22H17N5O3/c1-20-17(14-5-7-16(28-2)8-6-14)22(13-25,19(26)30-20)21(11-23,12-24)18(29-20)15-4-3-9-27-10-15/h3-10,17-18,26H,1-2H3. The number of methoxy groups -OCH3 is 1. The Labute approximate surface area is 173 Å². The molecule has 0 aliphatic carbocycles. The van der Waals surface area contributed by atoms with Crippen LogP contribution in [0.2, 0.25) is 0 Å². The Morgan fingerprint density at radius 3 is 2.30 bits per heavy atom. The average molecular weight is 399 g/mol. The van der Waals surface area contributed by atoms with Gasteiger partial charge in [0.2, 0.25) is 17.1 Å². The highest BCUT2D eigenvalue weighted by Gasteiger charge is 2.79. The van der Waals surface area contributed by atoms with Gasteiger partial charge >= 0.3 is 0 Å². The molecular weight excluding hydrogens is 382 g/mol. The zero-order chi connectivity index (χ0) is 21.6. The van der Waals surface area contributed by atoms with Crippen LogP contribution in [-0.2, 0) is 9.47 Å². The molecule has 2 bridgehead atoms. The van der Waals surface area contributed by atoms with E-state index in [9.17, 15) is 15.8 Å². The molecule has 1 aromatic heterocycles. The number of hydrogen-bond acceptors (Lipinski definition) is 8. The predicted molar refractivity (Wildman–Crippen MR) is 103 cm³/mol. The van der Waals surface area contributed by atoms with E-state index >= 15 is 0 Å². The van der Waals surface area contributed by atoms with Crippen LogP contribution >= 0.6 is 0 Å². The maximum absolute atomic E-state index is 10.4. The van der Waals surface area contributed by atoms with E-state index in [1.807, 2.05) is 12.1 Å². The van der Waals surface area contributed by atoms with Crippen molar-refractivity contribution in [2.24, 2.45) is 10.8 Å². The molecule has 30 heavy (non-hydrogen) atoms. The molecule has 8 nitrogen and oxygen atoms in total. The zero-order valence-corrected chi connectivity index (χ0v) is 16.3. The van der Waals surface area contributed by atoms with Crippen molar-refractivity contribution in [3.8, 4) is 24.0 Å². The minimum absolute atomic E-state index is 0.456.